The summed E-state index contributed by atoms with van der Waals surface area (Å²) in [6.07, 6.45) is 5.78. The van der Waals surface area contributed by atoms with Gasteiger partial charge in [0.1, 0.15) is 6.04 Å². The molecule has 0 saturated carbocycles. The molecule has 1 heterocycles. The average molecular weight is 356 g/mol. The summed E-state index contributed by atoms with van der Waals surface area (Å²) in [5.74, 6) is -0.249. The summed E-state index contributed by atoms with van der Waals surface area (Å²) >= 11 is 0. The van der Waals surface area contributed by atoms with Crippen molar-refractivity contribution in [2.45, 2.75) is 39.2 Å². The van der Waals surface area contributed by atoms with Crippen LogP contribution in [-0.4, -0.2) is 34.2 Å². The zero-order valence-electron chi connectivity index (χ0n) is 15.7. The summed E-state index contributed by atoms with van der Waals surface area (Å²) in [6.45, 7) is 4.44. The van der Waals surface area contributed by atoms with Gasteiger partial charge in [0.05, 0.1) is 12.6 Å². The van der Waals surface area contributed by atoms with Crippen LogP contribution in [0.2, 0.25) is 0 Å². The van der Waals surface area contributed by atoms with Crippen molar-refractivity contribution in [1.29, 1.82) is 0 Å². The first-order valence-corrected chi connectivity index (χ1v) is 9.04. The van der Waals surface area contributed by atoms with Gasteiger partial charge in [0.25, 0.3) is 0 Å². The van der Waals surface area contributed by atoms with Crippen molar-refractivity contribution in [2.75, 3.05) is 6.54 Å². The number of benzene rings is 1. The van der Waals surface area contributed by atoms with Crippen LogP contribution in [0.5, 0.6) is 0 Å². The van der Waals surface area contributed by atoms with E-state index in [0.29, 0.717) is 6.54 Å². The minimum Gasteiger partial charge on any atom is -0.354 e. The highest BCUT2D eigenvalue weighted by atomic mass is 16.2. The lowest BCUT2D eigenvalue weighted by molar-refractivity contribution is -0.129. The molecule has 2 rings (SSSR count). The van der Waals surface area contributed by atoms with Crippen LogP contribution in [0.15, 0.2) is 42.7 Å². The van der Waals surface area contributed by atoms with E-state index in [-0.39, 0.29) is 24.2 Å². The molecule has 2 aromatic rings. The molecular formula is C20H28N4O2. The molecule has 0 aliphatic rings. The fraction of sp³-hybridized carbons (Fsp3) is 0.450. The van der Waals surface area contributed by atoms with E-state index < -0.39 is 6.04 Å². The normalized spacial score (nSPS) is 12.0. The Bertz CT molecular complexity index is 710. The maximum Gasteiger partial charge on any atom is 0.242 e. The van der Waals surface area contributed by atoms with Crippen LogP contribution in [-0.2, 0) is 29.5 Å². The van der Waals surface area contributed by atoms with Gasteiger partial charge in [-0.2, -0.15) is 5.10 Å². The Hall–Kier alpha value is -2.63. The number of carbonyl (C=O) groups is 2. The molecule has 0 radical (unpaired) electrons. The predicted molar refractivity (Wildman–Crippen MR) is 101 cm³/mol. The topological polar surface area (TPSA) is 76.0 Å². The van der Waals surface area contributed by atoms with Crippen molar-refractivity contribution in [3.8, 4) is 0 Å². The van der Waals surface area contributed by atoms with Crippen molar-refractivity contribution in [3.05, 3.63) is 53.9 Å². The van der Waals surface area contributed by atoms with Gasteiger partial charge in [-0.25, -0.2) is 0 Å². The summed E-state index contributed by atoms with van der Waals surface area (Å²) < 4.78 is 1.77. The maximum absolute atomic E-state index is 12.4. The van der Waals surface area contributed by atoms with Gasteiger partial charge in [-0.15, -0.1) is 0 Å². The Morgan fingerprint density at radius 1 is 1.15 bits per heavy atom. The monoisotopic (exact) mass is 356 g/mol. The van der Waals surface area contributed by atoms with Gasteiger partial charge in [0, 0.05) is 19.8 Å². The molecule has 0 saturated heterocycles. The van der Waals surface area contributed by atoms with Gasteiger partial charge in [0.2, 0.25) is 11.8 Å². The van der Waals surface area contributed by atoms with Crippen LogP contribution in [0.25, 0.3) is 0 Å². The predicted octanol–water partition coefficient (Wildman–Crippen LogP) is 1.85. The Kier molecular flexibility index (Phi) is 7.38. The lowest BCUT2D eigenvalue weighted by Gasteiger charge is -2.21. The van der Waals surface area contributed by atoms with E-state index in [2.05, 4.69) is 15.7 Å². The van der Waals surface area contributed by atoms with Gasteiger partial charge in [0.15, 0.2) is 0 Å². The molecule has 6 heteroatoms. The number of nitrogens with zero attached hydrogens (tertiary/aromatic N) is 2. The first kappa shape index (κ1) is 19.7. The largest absolute Gasteiger partial charge is 0.354 e. The summed E-state index contributed by atoms with van der Waals surface area (Å²) in [4.78, 5) is 24.7. The van der Waals surface area contributed by atoms with Crippen LogP contribution in [0.3, 0.4) is 0 Å². The van der Waals surface area contributed by atoms with Gasteiger partial charge >= 0.3 is 0 Å². The highest BCUT2D eigenvalue weighted by Gasteiger charge is 2.23. The van der Waals surface area contributed by atoms with Gasteiger partial charge in [-0.05, 0) is 29.9 Å². The zero-order valence-corrected chi connectivity index (χ0v) is 15.7. The Labute approximate surface area is 155 Å². The molecule has 0 bridgehead atoms. The average Bonchev–Trinajstić information content (AvgIpc) is 3.02. The van der Waals surface area contributed by atoms with Crippen LogP contribution in [0, 0.1) is 5.92 Å². The standard InChI is InChI=1S/C20H28N4O2/c1-15(2)19(23-18(25)12-16-8-5-4-6-9-16)20(26)21-11-7-10-17-13-22-24(3)14-17/h4-6,8-9,13-15,19H,7,10-12H2,1-3H3,(H,21,26)(H,23,25). The van der Waals surface area contributed by atoms with Crippen LogP contribution < -0.4 is 10.6 Å². The maximum atomic E-state index is 12.4. The van der Waals surface area contributed by atoms with Gasteiger partial charge in [-0.3, -0.25) is 14.3 Å². The number of amides is 2. The van der Waals surface area contributed by atoms with Gasteiger partial charge < -0.3 is 10.6 Å². The van der Waals surface area contributed by atoms with Crippen molar-refractivity contribution in [1.82, 2.24) is 20.4 Å². The summed E-state index contributed by atoms with van der Waals surface area (Å²) in [6, 6.07) is 9.00. The third-order valence-corrected chi connectivity index (χ3v) is 4.17. The number of carbonyl (C=O) groups excluding carboxylic acids is 2. The molecular weight excluding hydrogens is 328 g/mol. The van der Waals surface area contributed by atoms with E-state index in [4.69, 9.17) is 0 Å². The van der Waals surface area contributed by atoms with Crippen molar-refractivity contribution in [2.24, 2.45) is 13.0 Å². The molecule has 1 aromatic carbocycles. The second-order valence-electron chi connectivity index (χ2n) is 6.87. The molecule has 140 valence electrons. The summed E-state index contributed by atoms with van der Waals surface area (Å²) in [5.41, 5.74) is 2.09. The molecule has 1 atom stereocenters. The first-order valence-electron chi connectivity index (χ1n) is 9.04. The molecule has 0 aliphatic carbocycles. The molecule has 1 aromatic heterocycles. The quantitative estimate of drug-likeness (QED) is 0.673. The molecule has 1 unspecified atom stereocenters. The summed E-state index contributed by atoms with van der Waals surface area (Å²) in [5, 5.41) is 9.92. The third-order valence-electron chi connectivity index (χ3n) is 4.17. The first-order chi connectivity index (χ1) is 12.5. The Morgan fingerprint density at radius 3 is 2.50 bits per heavy atom. The van der Waals surface area contributed by atoms with Gasteiger partial charge in [-0.1, -0.05) is 44.2 Å². The van der Waals surface area contributed by atoms with E-state index in [9.17, 15) is 9.59 Å². The molecule has 0 spiro atoms. The fourth-order valence-electron chi connectivity index (χ4n) is 2.76. The van der Waals surface area contributed by atoms with Crippen LogP contribution >= 0.6 is 0 Å². The number of nitrogens with one attached hydrogen (secondary N) is 2. The second kappa shape index (κ2) is 9.75. The smallest absolute Gasteiger partial charge is 0.242 e. The third kappa shape index (κ3) is 6.35. The van der Waals surface area contributed by atoms with E-state index in [1.165, 1.54) is 0 Å². The van der Waals surface area contributed by atoms with Crippen LogP contribution in [0.1, 0.15) is 31.4 Å². The number of hydrogen-bond donors (Lipinski definition) is 2. The number of aromatic nitrogens is 2. The van der Waals surface area contributed by atoms with E-state index in [1.807, 2.05) is 63.6 Å². The minimum absolute atomic E-state index is 0.0213. The summed E-state index contributed by atoms with van der Waals surface area (Å²) in [7, 11) is 1.89. The van der Waals surface area contributed by atoms with E-state index >= 15 is 0 Å². The number of rotatable bonds is 9. The minimum atomic E-state index is -0.524. The molecule has 2 amide bonds. The van der Waals surface area contributed by atoms with Crippen molar-refractivity contribution in [3.63, 3.8) is 0 Å². The highest BCUT2D eigenvalue weighted by Crippen LogP contribution is 2.05. The molecule has 0 aliphatic heterocycles. The SMILES string of the molecule is CC(C)C(NC(=O)Cc1ccccc1)C(=O)NCCCc1cnn(C)c1. The lowest BCUT2D eigenvalue weighted by atomic mass is 10.0. The van der Waals surface area contributed by atoms with Crippen LogP contribution in [0.4, 0.5) is 0 Å². The molecule has 2 N–H and O–H groups in total. The molecule has 0 fully saturated rings. The lowest BCUT2D eigenvalue weighted by Crippen LogP contribution is -2.50. The molecule has 6 nitrogen and oxygen atoms in total. The molecule has 26 heavy (non-hydrogen) atoms. The zero-order chi connectivity index (χ0) is 18.9. The van der Waals surface area contributed by atoms with Crippen molar-refractivity contribution < 1.29 is 9.59 Å². The number of aryl methyl sites for hydroxylation is 2. The van der Waals surface area contributed by atoms with E-state index in [1.54, 1.807) is 4.68 Å². The van der Waals surface area contributed by atoms with Crippen molar-refractivity contribution >= 4 is 11.8 Å². The highest BCUT2D eigenvalue weighted by molar-refractivity contribution is 5.88. The Balaban J connectivity index is 1.77. The van der Waals surface area contributed by atoms with E-state index in [0.717, 1.165) is 24.0 Å². The Morgan fingerprint density at radius 2 is 1.88 bits per heavy atom. The number of hydrogen-bond acceptors (Lipinski definition) is 3. The fourth-order valence-corrected chi connectivity index (χ4v) is 2.76. The second-order valence-corrected chi connectivity index (χ2v) is 6.87.